The van der Waals surface area contributed by atoms with Crippen LogP contribution >= 0.6 is 12.4 Å². The number of rotatable bonds is 1. The van der Waals surface area contributed by atoms with E-state index in [0.29, 0.717) is 5.58 Å². The summed E-state index contributed by atoms with van der Waals surface area (Å²) in [5.74, 6) is -2.53. The number of carboxylic acids is 1. The maximum Gasteiger partial charge on any atom is 0.394 e. The van der Waals surface area contributed by atoms with Gasteiger partial charge < -0.3 is 9.52 Å². The van der Waals surface area contributed by atoms with Gasteiger partial charge in [0.1, 0.15) is 5.58 Å². The highest BCUT2D eigenvalue weighted by Gasteiger charge is 2.13. The number of anilines is 1. The lowest BCUT2D eigenvalue weighted by Gasteiger charge is -1.94. The number of furan rings is 1. The van der Waals surface area contributed by atoms with Gasteiger partial charge in [-0.2, -0.15) is 0 Å². The molecule has 0 fully saturated rings. The van der Waals surface area contributed by atoms with Crippen LogP contribution in [-0.4, -0.2) is 17.0 Å². The van der Waals surface area contributed by atoms with Crippen LogP contribution in [-0.2, 0) is 9.59 Å². The summed E-state index contributed by atoms with van der Waals surface area (Å²) >= 11 is 0. The summed E-state index contributed by atoms with van der Waals surface area (Å²) < 4.78 is 5.19. The van der Waals surface area contributed by atoms with Crippen LogP contribution < -0.4 is 5.32 Å². The first kappa shape index (κ1) is 12.1. The summed E-state index contributed by atoms with van der Waals surface area (Å²) in [7, 11) is 0. The quantitative estimate of drug-likeness (QED) is 0.747. The molecule has 0 aliphatic heterocycles. The van der Waals surface area contributed by atoms with Crippen molar-refractivity contribution in [3.8, 4) is 0 Å². The number of benzene rings is 1. The van der Waals surface area contributed by atoms with Crippen molar-refractivity contribution in [2.24, 2.45) is 0 Å². The Hall–Kier alpha value is -2.01. The molecule has 0 saturated heterocycles. The first-order valence-corrected chi connectivity index (χ1v) is 4.19. The summed E-state index contributed by atoms with van der Waals surface area (Å²) in [6.07, 6.45) is 0. The fraction of sp³-hybridized carbons (Fsp3) is 0. The van der Waals surface area contributed by atoms with Gasteiger partial charge in [-0.05, 0) is 6.07 Å². The molecule has 6 heteroatoms. The smallest absolute Gasteiger partial charge is 0.394 e. The van der Waals surface area contributed by atoms with Crippen molar-refractivity contribution in [2.75, 3.05) is 5.32 Å². The number of amides is 1. The van der Waals surface area contributed by atoms with Gasteiger partial charge in [0.05, 0.1) is 0 Å². The predicted octanol–water partition coefficient (Wildman–Crippen LogP) is 1.88. The Kier molecular flexibility index (Phi) is 3.52. The van der Waals surface area contributed by atoms with Crippen LogP contribution in [0.3, 0.4) is 0 Å². The molecular formula is C10H8ClNO4. The van der Waals surface area contributed by atoms with E-state index in [0.717, 1.165) is 5.39 Å². The largest absolute Gasteiger partial charge is 0.474 e. The van der Waals surface area contributed by atoms with Gasteiger partial charge in [-0.15, -0.1) is 12.4 Å². The number of carboxylic acid groups (broad SMARTS) is 1. The van der Waals surface area contributed by atoms with Crippen molar-refractivity contribution in [1.29, 1.82) is 0 Å². The molecule has 0 atom stereocenters. The van der Waals surface area contributed by atoms with E-state index in [1.165, 1.54) is 0 Å². The van der Waals surface area contributed by atoms with Crippen LogP contribution in [0.4, 0.5) is 5.88 Å². The summed E-state index contributed by atoms with van der Waals surface area (Å²) in [4.78, 5) is 21.1. The van der Waals surface area contributed by atoms with E-state index in [9.17, 15) is 9.59 Å². The molecule has 2 rings (SSSR count). The van der Waals surface area contributed by atoms with Crippen LogP contribution in [0.15, 0.2) is 34.7 Å². The lowest BCUT2D eigenvalue weighted by molar-refractivity contribution is -0.147. The van der Waals surface area contributed by atoms with E-state index in [4.69, 9.17) is 9.52 Å². The van der Waals surface area contributed by atoms with E-state index in [2.05, 4.69) is 5.32 Å². The van der Waals surface area contributed by atoms with Crippen LogP contribution in [0, 0.1) is 0 Å². The molecule has 0 bridgehead atoms. The second kappa shape index (κ2) is 4.67. The number of para-hydroxylation sites is 1. The van der Waals surface area contributed by atoms with Gasteiger partial charge in [0, 0.05) is 11.5 Å². The zero-order valence-corrected chi connectivity index (χ0v) is 8.78. The maximum atomic E-state index is 10.8. The monoisotopic (exact) mass is 241 g/mol. The minimum absolute atomic E-state index is 0. The lowest BCUT2D eigenvalue weighted by Crippen LogP contribution is -2.21. The van der Waals surface area contributed by atoms with Crippen LogP contribution in [0.1, 0.15) is 0 Å². The maximum absolute atomic E-state index is 10.8. The summed E-state index contributed by atoms with van der Waals surface area (Å²) in [6, 6.07) is 8.70. The van der Waals surface area contributed by atoms with Crippen molar-refractivity contribution in [3.63, 3.8) is 0 Å². The fourth-order valence-electron chi connectivity index (χ4n) is 1.21. The third-order valence-corrected chi connectivity index (χ3v) is 1.86. The highest BCUT2D eigenvalue weighted by Crippen LogP contribution is 2.22. The van der Waals surface area contributed by atoms with E-state index in [-0.39, 0.29) is 18.3 Å². The van der Waals surface area contributed by atoms with Crippen LogP contribution in [0.25, 0.3) is 11.0 Å². The Bertz CT molecular complexity index is 501. The number of hydrogen-bond acceptors (Lipinski definition) is 3. The Morgan fingerprint density at radius 2 is 1.94 bits per heavy atom. The molecular weight excluding hydrogens is 234 g/mol. The first-order valence-electron chi connectivity index (χ1n) is 4.19. The zero-order valence-electron chi connectivity index (χ0n) is 7.97. The van der Waals surface area contributed by atoms with Gasteiger partial charge in [-0.1, -0.05) is 18.2 Å². The topological polar surface area (TPSA) is 79.5 Å². The third-order valence-electron chi connectivity index (χ3n) is 1.86. The van der Waals surface area contributed by atoms with Crippen molar-refractivity contribution in [2.45, 2.75) is 0 Å². The number of carbonyl (C=O) groups is 2. The third kappa shape index (κ3) is 2.32. The van der Waals surface area contributed by atoms with Crippen LogP contribution in [0.5, 0.6) is 0 Å². The molecule has 0 spiro atoms. The number of halogens is 1. The normalized spacial score (nSPS) is 9.50. The molecule has 2 N–H and O–H groups in total. The highest BCUT2D eigenvalue weighted by atomic mass is 35.5. The molecule has 1 amide bonds. The summed E-state index contributed by atoms with van der Waals surface area (Å²) in [6.45, 7) is 0. The molecule has 0 saturated carbocycles. The first-order chi connectivity index (χ1) is 7.16. The average Bonchev–Trinajstić information content (AvgIpc) is 2.59. The minimum Gasteiger partial charge on any atom is -0.474 e. The number of hydrogen-bond donors (Lipinski definition) is 2. The number of nitrogens with one attached hydrogen (secondary N) is 1. The average molecular weight is 242 g/mol. The minimum atomic E-state index is -1.55. The second-order valence-electron chi connectivity index (χ2n) is 2.91. The molecule has 84 valence electrons. The van der Waals surface area contributed by atoms with Crippen LogP contribution in [0.2, 0.25) is 0 Å². The Balaban J connectivity index is 0.00000128. The molecule has 0 radical (unpaired) electrons. The van der Waals surface area contributed by atoms with E-state index in [1.807, 2.05) is 6.07 Å². The van der Waals surface area contributed by atoms with Gasteiger partial charge in [-0.3, -0.25) is 10.1 Å². The molecule has 0 unspecified atom stereocenters. The van der Waals surface area contributed by atoms with E-state index < -0.39 is 11.9 Å². The zero-order chi connectivity index (χ0) is 10.8. The Morgan fingerprint density at radius 1 is 1.25 bits per heavy atom. The van der Waals surface area contributed by atoms with Gasteiger partial charge in [0.15, 0.2) is 0 Å². The number of fused-ring (bicyclic) bond motifs is 1. The van der Waals surface area contributed by atoms with Gasteiger partial charge >= 0.3 is 11.9 Å². The standard InChI is InChI=1S/C10H7NO4.ClH/c12-9(10(13)14)11-8-5-6-3-1-2-4-7(6)15-8;/h1-5H,(H,11,12)(H,13,14);1H. The van der Waals surface area contributed by atoms with Gasteiger partial charge in [0.2, 0.25) is 5.88 Å². The van der Waals surface area contributed by atoms with E-state index in [1.54, 1.807) is 24.3 Å². The molecule has 5 nitrogen and oxygen atoms in total. The molecule has 1 heterocycles. The highest BCUT2D eigenvalue weighted by molar-refractivity contribution is 6.36. The number of aliphatic carboxylic acids is 1. The van der Waals surface area contributed by atoms with E-state index >= 15 is 0 Å². The molecule has 0 aliphatic carbocycles. The van der Waals surface area contributed by atoms with Gasteiger partial charge in [0.25, 0.3) is 0 Å². The molecule has 0 aliphatic rings. The van der Waals surface area contributed by atoms with Crippen molar-refractivity contribution < 1.29 is 19.1 Å². The Labute approximate surface area is 96.5 Å². The van der Waals surface area contributed by atoms with Crippen molar-refractivity contribution in [3.05, 3.63) is 30.3 Å². The predicted molar refractivity (Wildman–Crippen MR) is 59.7 cm³/mol. The summed E-state index contributed by atoms with van der Waals surface area (Å²) in [5.41, 5.74) is 0.596. The van der Waals surface area contributed by atoms with Gasteiger partial charge in [-0.25, -0.2) is 4.79 Å². The molecule has 1 aromatic carbocycles. The second-order valence-corrected chi connectivity index (χ2v) is 2.91. The number of carbonyl (C=O) groups excluding carboxylic acids is 1. The molecule has 1 aromatic heterocycles. The fourth-order valence-corrected chi connectivity index (χ4v) is 1.21. The summed E-state index contributed by atoms with van der Waals surface area (Å²) in [5, 5.41) is 11.3. The SMILES string of the molecule is Cl.O=C(O)C(=O)Nc1cc2ccccc2o1. The molecule has 2 aromatic rings. The Morgan fingerprint density at radius 3 is 2.56 bits per heavy atom. The molecule has 16 heavy (non-hydrogen) atoms. The van der Waals surface area contributed by atoms with Crippen molar-refractivity contribution >= 4 is 41.1 Å². The lowest BCUT2D eigenvalue weighted by atomic mass is 10.3. The van der Waals surface area contributed by atoms with Crippen molar-refractivity contribution in [1.82, 2.24) is 0 Å².